The van der Waals surface area contributed by atoms with E-state index in [-0.39, 0.29) is 11.8 Å². The van der Waals surface area contributed by atoms with Gasteiger partial charge in [0.25, 0.3) is 5.91 Å². The van der Waals surface area contributed by atoms with E-state index in [2.05, 4.69) is 9.97 Å². The fourth-order valence-electron chi connectivity index (χ4n) is 3.43. The van der Waals surface area contributed by atoms with E-state index in [1.807, 2.05) is 64.4 Å². The number of benzene rings is 2. The maximum absolute atomic E-state index is 12.5. The predicted molar refractivity (Wildman–Crippen MR) is 103 cm³/mol. The SMILES string of the molecule is O=C(CCc1nc2ccccc2[nH]1)N1CCN(C(=O)c2ccccc2)CC1. The van der Waals surface area contributed by atoms with Crippen molar-refractivity contribution >= 4 is 22.8 Å². The number of nitrogens with one attached hydrogen (secondary N) is 1. The van der Waals surface area contributed by atoms with Crippen molar-refractivity contribution in [3.8, 4) is 0 Å². The minimum absolute atomic E-state index is 0.0324. The second-order valence-corrected chi connectivity index (χ2v) is 6.74. The van der Waals surface area contributed by atoms with E-state index in [4.69, 9.17) is 0 Å². The number of carbonyl (C=O) groups excluding carboxylic acids is 2. The van der Waals surface area contributed by atoms with Crippen molar-refractivity contribution in [2.45, 2.75) is 12.8 Å². The molecule has 1 N–H and O–H groups in total. The maximum atomic E-state index is 12.5. The molecular weight excluding hydrogens is 340 g/mol. The van der Waals surface area contributed by atoms with Gasteiger partial charge in [0.15, 0.2) is 0 Å². The molecule has 0 saturated carbocycles. The van der Waals surface area contributed by atoms with Gasteiger partial charge in [0.05, 0.1) is 11.0 Å². The lowest BCUT2D eigenvalue weighted by Crippen LogP contribution is -2.50. The highest BCUT2D eigenvalue weighted by Gasteiger charge is 2.24. The van der Waals surface area contributed by atoms with Gasteiger partial charge >= 0.3 is 0 Å². The molecule has 2 amide bonds. The Morgan fingerprint density at radius 1 is 0.889 bits per heavy atom. The lowest BCUT2D eigenvalue weighted by Gasteiger charge is -2.34. The Morgan fingerprint density at radius 3 is 2.30 bits per heavy atom. The number of hydrogen-bond donors (Lipinski definition) is 1. The molecule has 0 spiro atoms. The summed E-state index contributed by atoms with van der Waals surface area (Å²) < 4.78 is 0. The number of carbonyl (C=O) groups is 2. The number of hydrogen-bond acceptors (Lipinski definition) is 3. The molecule has 0 aliphatic carbocycles. The number of rotatable bonds is 4. The fourth-order valence-corrected chi connectivity index (χ4v) is 3.43. The van der Waals surface area contributed by atoms with Crippen LogP contribution in [0.5, 0.6) is 0 Å². The molecule has 1 saturated heterocycles. The van der Waals surface area contributed by atoms with Crippen molar-refractivity contribution in [2.75, 3.05) is 26.2 Å². The number of fused-ring (bicyclic) bond motifs is 1. The molecule has 1 aromatic heterocycles. The molecule has 0 atom stereocenters. The first-order valence-electron chi connectivity index (χ1n) is 9.26. The number of H-pyrrole nitrogens is 1. The number of para-hydroxylation sites is 2. The van der Waals surface area contributed by atoms with Crippen LogP contribution in [0.25, 0.3) is 11.0 Å². The number of aromatic amines is 1. The molecule has 0 radical (unpaired) electrons. The highest BCUT2D eigenvalue weighted by Crippen LogP contribution is 2.13. The summed E-state index contributed by atoms with van der Waals surface area (Å²) in [5, 5.41) is 0. The Hall–Kier alpha value is -3.15. The number of amides is 2. The van der Waals surface area contributed by atoms with Gasteiger partial charge < -0.3 is 14.8 Å². The molecule has 4 rings (SSSR count). The fraction of sp³-hybridized carbons (Fsp3) is 0.286. The van der Waals surface area contributed by atoms with Crippen LogP contribution in [0.2, 0.25) is 0 Å². The first-order chi connectivity index (χ1) is 13.2. The van der Waals surface area contributed by atoms with E-state index in [1.54, 1.807) is 0 Å². The van der Waals surface area contributed by atoms with Crippen molar-refractivity contribution < 1.29 is 9.59 Å². The first kappa shape index (κ1) is 17.3. The zero-order chi connectivity index (χ0) is 18.6. The highest BCUT2D eigenvalue weighted by atomic mass is 16.2. The van der Waals surface area contributed by atoms with Crippen LogP contribution in [0.1, 0.15) is 22.6 Å². The van der Waals surface area contributed by atoms with Gasteiger partial charge in [-0.3, -0.25) is 9.59 Å². The Labute approximate surface area is 157 Å². The third kappa shape index (κ3) is 3.84. The Morgan fingerprint density at radius 2 is 1.56 bits per heavy atom. The van der Waals surface area contributed by atoms with Crippen molar-refractivity contribution in [2.24, 2.45) is 0 Å². The largest absolute Gasteiger partial charge is 0.342 e. The number of piperazine rings is 1. The Kier molecular flexibility index (Phi) is 4.87. The molecule has 1 fully saturated rings. The summed E-state index contributed by atoms with van der Waals surface area (Å²) in [5.41, 5.74) is 2.61. The van der Waals surface area contributed by atoms with Gasteiger partial charge in [-0.25, -0.2) is 4.98 Å². The van der Waals surface area contributed by atoms with Gasteiger partial charge in [-0.1, -0.05) is 30.3 Å². The standard InChI is InChI=1S/C21H22N4O2/c26-20(11-10-19-22-17-8-4-5-9-18(17)23-19)24-12-14-25(15-13-24)21(27)16-6-2-1-3-7-16/h1-9H,10-15H2,(H,22,23). The average Bonchev–Trinajstić information content (AvgIpc) is 3.15. The smallest absolute Gasteiger partial charge is 0.253 e. The predicted octanol–water partition coefficient (Wildman–Crippen LogP) is 2.48. The van der Waals surface area contributed by atoms with Gasteiger partial charge in [0.2, 0.25) is 5.91 Å². The molecule has 2 aromatic carbocycles. The summed E-state index contributed by atoms with van der Waals surface area (Å²) in [6.45, 7) is 2.31. The second kappa shape index (κ2) is 7.61. The normalized spacial score (nSPS) is 14.5. The minimum Gasteiger partial charge on any atom is -0.342 e. The van der Waals surface area contributed by atoms with E-state index in [9.17, 15) is 9.59 Å². The van der Waals surface area contributed by atoms with Gasteiger partial charge in [0.1, 0.15) is 5.82 Å². The summed E-state index contributed by atoms with van der Waals surface area (Å²) in [5.74, 6) is 0.981. The highest BCUT2D eigenvalue weighted by molar-refractivity contribution is 5.94. The van der Waals surface area contributed by atoms with Crippen LogP contribution in [0.3, 0.4) is 0 Å². The van der Waals surface area contributed by atoms with E-state index >= 15 is 0 Å². The van der Waals surface area contributed by atoms with Crippen LogP contribution >= 0.6 is 0 Å². The second-order valence-electron chi connectivity index (χ2n) is 6.74. The van der Waals surface area contributed by atoms with Crippen LogP contribution in [0.15, 0.2) is 54.6 Å². The van der Waals surface area contributed by atoms with E-state index in [0.717, 1.165) is 16.9 Å². The Bertz CT molecular complexity index is 910. The molecule has 1 aliphatic heterocycles. The molecule has 27 heavy (non-hydrogen) atoms. The molecule has 3 aromatic rings. The topological polar surface area (TPSA) is 69.3 Å². The summed E-state index contributed by atoms with van der Waals surface area (Å²) in [4.78, 5) is 36.4. The van der Waals surface area contributed by atoms with Gasteiger partial charge in [-0.2, -0.15) is 0 Å². The molecule has 0 unspecified atom stereocenters. The molecule has 1 aliphatic rings. The quantitative estimate of drug-likeness (QED) is 0.775. The van der Waals surface area contributed by atoms with E-state index < -0.39 is 0 Å². The monoisotopic (exact) mass is 362 g/mol. The van der Waals surface area contributed by atoms with Crippen LogP contribution < -0.4 is 0 Å². The summed E-state index contributed by atoms with van der Waals surface area (Å²) in [7, 11) is 0. The average molecular weight is 362 g/mol. The zero-order valence-corrected chi connectivity index (χ0v) is 15.1. The van der Waals surface area contributed by atoms with Gasteiger partial charge in [0, 0.05) is 44.6 Å². The van der Waals surface area contributed by atoms with Crippen molar-refractivity contribution in [1.29, 1.82) is 0 Å². The lowest BCUT2D eigenvalue weighted by atomic mass is 10.1. The molecular formula is C21H22N4O2. The zero-order valence-electron chi connectivity index (χ0n) is 15.1. The summed E-state index contributed by atoms with van der Waals surface area (Å²) in [6.07, 6.45) is 1.02. The third-order valence-electron chi connectivity index (χ3n) is 4.95. The molecule has 6 nitrogen and oxygen atoms in total. The summed E-state index contributed by atoms with van der Waals surface area (Å²) >= 11 is 0. The van der Waals surface area contributed by atoms with Crippen LogP contribution in [0.4, 0.5) is 0 Å². The van der Waals surface area contributed by atoms with Gasteiger partial charge in [-0.05, 0) is 24.3 Å². The Balaban J connectivity index is 1.29. The van der Waals surface area contributed by atoms with Crippen LogP contribution in [0, 0.1) is 0 Å². The van der Waals surface area contributed by atoms with E-state index in [1.165, 1.54) is 0 Å². The number of aryl methyl sites for hydroxylation is 1. The van der Waals surface area contributed by atoms with Crippen molar-refractivity contribution in [3.05, 3.63) is 66.0 Å². The number of imidazole rings is 1. The molecule has 6 heteroatoms. The van der Waals surface area contributed by atoms with Crippen LogP contribution in [-0.4, -0.2) is 57.8 Å². The lowest BCUT2D eigenvalue weighted by molar-refractivity contribution is -0.132. The minimum atomic E-state index is 0.0324. The van der Waals surface area contributed by atoms with Crippen molar-refractivity contribution in [1.82, 2.24) is 19.8 Å². The number of nitrogens with zero attached hydrogens (tertiary/aromatic N) is 3. The molecule has 0 bridgehead atoms. The molecule has 138 valence electrons. The van der Waals surface area contributed by atoms with Gasteiger partial charge in [-0.15, -0.1) is 0 Å². The van der Waals surface area contributed by atoms with Crippen molar-refractivity contribution in [3.63, 3.8) is 0 Å². The third-order valence-corrected chi connectivity index (χ3v) is 4.95. The maximum Gasteiger partial charge on any atom is 0.253 e. The molecule has 2 heterocycles. The van der Waals surface area contributed by atoms with E-state index in [0.29, 0.717) is 44.6 Å². The summed E-state index contributed by atoms with van der Waals surface area (Å²) in [6, 6.07) is 17.1. The van der Waals surface area contributed by atoms with Crippen LogP contribution in [-0.2, 0) is 11.2 Å². The first-order valence-corrected chi connectivity index (χ1v) is 9.26. The number of aromatic nitrogens is 2.